The molecule has 0 radical (unpaired) electrons. The van der Waals surface area contributed by atoms with E-state index in [1.165, 1.54) is 51.4 Å². The lowest BCUT2D eigenvalue weighted by molar-refractivity contribution is 0.0952. The summed E-state index contributed by atoms with van der Waals surface area (Å²) in [6, 6.07) is 6.73. The topological polar surface area (TPSA) is 70.9 Å². The number of carbonyl (C=O) groups is 2. The lowest BCUT2D eigenvalue weighted by Crippen LogP contribution is -2.19. The molecule has 1 aromatic rings. The van der Waals surface area contributed by atoms with E-state index in [1.54, 1.807) is 24.3 Å². The van der Waals surface area contributed by atoms with Crippen molar-refractivity contribution >= 4 is 24.1 Å². The van der Waals surface area contributed by atoms with E-state index in [2.05, 4.69) is 15.5 Å². The van der Waals surface area contributed by atoms with Crippen LogP contribution in [0.2, 0.25) is 0 Å². The lowest BCUT2D eigenvalue weighted by atomic mass is 9.90. The molecule has 5 nitrogen and oxygen atoms in total. The monoisotopic (exact) mass is 381 g/mol. The molecule has 0 aliphatic heterocycles. The number of aliphatic imine (C=N–C) groups is 1. The van der Waals surface area contributed by atoms with Gasteiger partial charge in [-0.3, -0.25) is 14.6 Å². The van der Waals surface area contributed by atoms with Gasteiger partial charge in [0, 0.05) is 23.6 Å². The second-order valence-corrected chi connectivity index (χ2v) is 8.01. The third-order valence-electron chi connectivity index (χ3n) is 5.77. The van der Waals surface area contributed by atoms with Crippen molar-refractivity contribution < 1.29 is 9.59 Å². The van der Waals surface area contributed by atoms with Gasteiger partial charge in [0.2, 0.25) is 0 Å². The average Bonchev–Trinajstić information content (AvgIpc) is 2.75. The van der Waals surface area contributed by atoms with E-state index >= 15 is 0 Å². The molecule has 0 atom stereocenters. The van der Waals surface area contributed by atoms with Crippen molar-refractivity contribution in [1.82, 2.24) is 5.43 Å². The zero-order valence-electron chi connectivity index (χ0n) is 16.6. The maximum absolute atomic E-state index is 12.3. The molecule has 0 heterocycles. The first-order valence-corrected chi connectivity index (χ1v) is 10.7. The molecular weight excluding hydrogens is 350 g/mol. The fourth-order valence-corrected chi connectivity index (χ4v) is 4.02. The molecule has 0 saturated heterocycles. The van der Waals surface area contributed by atoms with Crippen LogP contribution in [0.1, 0.15) is 84.9 Å². The molecule has 1 amide bonds. The van der Waals surface area contributed by atoms with Gasteiger partial charge in [0.15, 0.2) is 5.78 Å². The number of hydrogen-bond acceptors (Lipinski definition) is 4. The number of rotatable bonds is 7. The zero-order valence-corrected chi connectivity index (χ0v) is 16.6. The summed E-state index contributed by atoms with van der Waals surface area (Å²) in [5, 5.41) is 4.10. The lowest BCUT2D eigenvalue weighted by Gasteiger charge is -2.16. The molecule has 1 N–H and O–H groups in total. The van der Waals surface area contributed by atoms with E-state index in [0.29, 0.717) is 23.0 Å². The van der Waals surface area contributed by atoms with Crippen molar-refractivity contribution in [3.05, 3.63) is 35.4 Å². The summed E-state index contributed by atoms with van der Waals surface area (Å²) >= 11 is 0. The van der Waals surface area contributed by atoms with Crippen molar-refractivity contribution in [3.63, 3.8) is 0 Å². The highest BCUT2D eigenvalue weighted by molar-refractivity contribution is 6.00. The minimum Gasteiger partial charge on any atom is -0.292 e. The van der Waals surface area contributed by atoms with E-state index in [-0.39, 0.29) is 18.2 Å². The summed E-state index contributed by atoms with van der Waals surface area (Å²) in [6.45, 7) is 0.174. The Balaban J connectivity index is 1.45. The predicted octanol–water partition coefficient (Wildman–Crippen LogP) is 4.82. The van der Waals surface area contributed by atoms with Crippen molar-refractivity contribution in [2.24, 2.45) is 21.9 Å². The van der Waals surface area contributed by atoms with E-state index < -0.39 is 0 Å². The summed E-state index contributed by atoms with van der Waals surface area (Å²) in [4.78, 5) is 28.8. The van der Waals surface area contributed by atoms with Crippen LogP contribution in [0.15, 0.2) is 34.4 Å². The Morgan fingerprint density at radius 3 is 1.96 bits per heavy atom. The van der Waals surface area contributed by atoms with Crippen molar-refractivity contribution in [3.8, 4) is 0 Å². The second-order valence-electron chi connectivity index (χ2n) is 8.01. The molecule has 1 aromatic carbocycles. The van der Waals surface area contributed by atoms with Crippen molar-refractivity contribution in [1.29, 1.82) is 0 Å². The van der Waals surface area contributed by atoms with Crippen LogP contribution in [0.25, 0.3) is 0 Å². The van der Waals surface area contributed by atoms with Crippen molar-refractivity contribution in [2.45, 2.75) is 64.2 Å². The van der Waals surface area contributed by atoms with Gasteiger partial charge < -0.3 is 0 Å². The van der Waals surface area contributed by atoms with Crippen LogP contribution < -0.4 is 5.43 Å². The van der Waals surface area contributed by atoms with E-state index in [4.69, 9.17) is 0 Å². The Kier molecular flexibility index (Phi) is 7.94. The second kappa shape index (κ2) is 10.9. The first kappa shape index (κ1) is 20.4. The number of carbonyl (C=O) groups excluding carboxylic acids is 2. The van der Waals surface area contributed by atoms with Crippen molar-refractivity contribution in [2.75, 3.05) is 6.54 Å². The number of benzene rings is 1. The molecule has 150 valence electrons. The quantitative estimate of drug-likeness (QED) is 0.418. The molecule has 2 aliphatic rings. The predicted molar refractivity (Wildman–Crippen MR) is 113 cm³/mol. The molecule has 0 spiro atoms. The van der Waals surface area contributed by atoms with Crippen LogP contribution >= 0.6 is 0 Å². The first-order chi connectivity index (χ1) is 13.7. The van der Waals surface area contributed by atoms with Gasteiger partial charge in [-0.05, 0) is 49.7 Å². The Bertz CT molecular complexity index is 636. The number of ketones is 1. The summed E-state index contributed by atoms with van der Waals surface area (Å²) in [5.74, 6) is 0.737. The Morgan fingerprint density at radius 2 is 1.36 bits per heavy atom. The molecule has 2 saturated carbocycles. The Morgan fingerprint density at radius 1 is 0.821 bits per heavy atom. The van der Waals surface area contributed by atoms with E-state index in [9.17, 15) is 9.59 Å². The number of hydrogen-bond donors (Lipinski definition) is 1. The molecule has 5 heteroatoms. The van der Waals surface area contributed by atoms with Gasteiger partial charge in [-0.1, -0.05) is 50.7 Å². The molecule has 28 heavy (non-hydrogen) atoms. The van der Waals surface area contributed by atoms with Crippen LogP contribution in [0.4, 0.5) is 0 Å². The van der Waals surface area contributed by atoms with Gasteiger partial charge in [0.25, 0.3) is 5.91 Å². The first-order valence-electron chi connectivity index (χ1n) is 10.7. The van der Waals surface area contributed by atoms with Crippen LogP contribution in [0.3, 0.4) is 0 Å². The molecule has 0 bridgehead atoms. The normalized spacial score (nSPS) is 19.3. The number of nitrogens with zero attached hydrogens (tertiary/aromatic N) is 2. The van der Waals surface area contributed by atoms with Gasteiger partial charge in [0.1, 0.15) is 6.54 Å². The molecule has 2 fully saturated rings. The third-order valence-corrected chi connectivity index (χ3v) is 5.77. The van der Waals surface area contributed by atoms with Crippen LogP contribution in [-0.2, 0) is 0 Å². The number of amides is 1. The summed E-state index contributed by atoms with van der Waals surface area (Å²) in [5.41, 5.74) is 3.68. The van der Waals surface area contributed by atoms with E-state index in [1.807, 2.05) is 12.4 Å². The average molecular weight is 382 g/mol. The zero-order chi connectivity index (χ0) is 19.6. The molecule has 3 rings (SSSR count). The molecule has 2 aliphatic carbocycles. The van der Waals surface area contributed by atoms with E-state index in [0.717, 1.165) is 12.8 Å². The fraction of sp³-hybridized carbons (Fsp3) is 0.565. The molecular formula is C23H31N3O2. The summed E-state index contributed by atoms with van der Waals surface area (Å²) < 4.78 is 0. The van der Waals surface area contributed by atoms with Crippen LogP contribution in [0, 0.1) is 11.8 Å². The van der Waals surface area contributed by atoms with Gasteiger partial charge >= 0.3 is 0 Å². The molecule has 0 aromatic heterocycles. The summed E-state index contributed by atoms with van der Waals surface area (Å²) in [6.07, 6.45) is 16.1. The highest BCUT2D eigenvalue weighted by Gasteiger charge is 2.13. The van der Waals surface area contributed by atoms with Gasteiger partial charge in [-0.15, -0.1) is 0 Å². The Hall–Kier alpha value is -2.30. The third kappa shape index (κ3) is 6.39. The highest BCUT2D eigenvalue weighted by Crippen LogP contribution is 2.22. The number of Topliss-reactive ketones (excluding diaryl/α,β-unsaturated/α-hetero) is 1. The minimum atomic E-state index is -0.249. The van der Waals surface area contributed by atoms with Gasteiger partial charge in [0.05, 0.1) is 0 Å². The van der Waals surface area contributed by atoms with Gasteiger partial charge in [-0.25, -0.2) is 5.43 Å². The van der Waals surface area contributed by atoms with Crippen LogP contribution in [0.5, 0.6) is 0 Å². The van der Waals surface area contributed by atoms with Gasteiger partial charge in [-0.2, -0.15) is 5.10 Å². The SMILES string of the molecule is O=C(CN=CC1CCCCC1)c1ccc(C(=O)N/N=C\C2CCCCC2)cc1. The maximum atomic E-state index is 12.3. The molecule has 0 unspecified atom stereocenters. The standard InChI is InChI=1S/C23H31N3O2/c27-22(17-24-15-18-7-3-1-4-8-18)20-11-13-21(14-12-20)23(28)26-25-16-19-9-5-2-6-10-19/h11-16,18-19H,1-10,17H2,(H,26,28)/b24-15?,25-16-. The number of nitrogens with one attached hydrogen (secondary N) is 1. The highest BCUT2D eigenvalue weighted by atomic mass is 16.2. The smallest absolute Gasteiger partial charge is 0.271 e. The fourth-order valence-electron chi connectivity index (χ4n) is 4.02. The minimum absolute atomic E-state index is 0.0191. The number of hydrazone groups is 1. The van der Waals surface area contributed by atoms with Crippen LogP contribution in [-0.4, -0.2) is 30.7 Å². The largest absolute Gasteiger partial charge is 0.292 e. The summed E-state index contributed by atoms with van der Waals surface area (Å²) in [7, 11) is 0. The Labute approximate surface area is 167 Å². The maximum Gasteiger partial charge on any atom is 0.271 e.